The maximum Gasteiger partial charge on any atom is 0.410 e. The van der Waals surface area contributed by atoms with Crippen LogP contribution in [0.15, 0.2) is 0 Å². The van der Waals surface area contributed by atoms with Gasteiger partial charge in [-0.25, -0.2) is 4.79 Å². The molecule has 0 aromatic rings. The average Bonchev–Trinajstić information content (AvgIpc) is 2.48. The normalized spacial score (nSPS) is 21.0. The first kappa shape index (κ1) is 13.0. The summed E-state index contributed by atoms with van der Waals surface area (Å²) in [4.78, 5) is 24.4. The van der Waals surface area contributed by atoms with Gasteiger partial charge < -0.3 is 14.4 Å². The number of rotatable bonds is 2. The molecule has 1 amide bonds. The van der Waals surface area contributed by atoms with Gasteiger partial charge in [0.2, 0.25) is 0 Å². The van der Waals surface area contributed by atoms with Crippen LogP contribution in [0.2, 0.25) is 0 Å². The minimum Gasteiger partial charge on any atom is -0.444 e. The van der Waals surface area contributed by atoms with Crippen molar-refractivity contribution in [3.05, 3.63) is 0 Å². The molecular formula is C12H21NO3. The minimum absolute atomic E-state index is 0.191. The van der Waals surface area contributed by atoms with Crippen molar-refractivity contribution in [3.8, 4) is 0 Å². The molecule has 1 rings (SSSR count). The van der Waals surface area contributed by atoms with Crippen LogP contribution >= 0.6 is 0 Å². The molecule has 4 nitrogen and oxygen atoms in total. The van der Waals surface area contributed by atoms with Gasteiger partial charge in [0.1, 0.15) is 11.4 Å². The molecule has 0 radical (unpaired) electrons. The zero-order valence-electron chi connectivity index (χ0n) is 10.6. The Kier molecular flexibility index (Phi) is 3.94. The molecule has 1 heterocycles. The second kappa shape index (κ2) is 4.85. The van der Waals surface area contributed by atoms with E-state index in [-0.39, 0.29) is 11.9 Å². The van der Waals surface area contributed by atoms with E-state index in [2.05, 4.69) is 0 Å². The third-order valence-corrected chi connectivity index (χ3v) is 2.51. The van der Waals surface area contributed by atoms with E-state index in [1.165, 1.54) is 0 Å². The monoisotopic (exact) mass is 227 g/mol. The summed E-state index contributed by atoms with van der Waals surface area (Å²) in [6.07, 6.45) is 1.21. The summed E-state index contributed by atoms with van der Waals surface area (Å²) in [5.74, 6) is 0.501. The Labute approximate surface area is 96.9 Å². The van der Waals surface area contributed by atoms with Gasteiger partial charge in [0.05, 0.1) is 0 Å². The van der Waals surface area contributed by atoms with Crippen LogP contribution in [0.1, 0.15) is 40.5 Å². The maximum atomic E-state index is 11.7. The van der Waals surface area contributed by atoms with Gasteiger partial charge in [-0.2, -0.15) is 0 Å². The first-order chi connectivity index (χ1) is 7.28. The smallest absolute Gasteiger partial charge is 0.410 e. The van der Waals surface area contributed by atoms with E-state index in [4.69, 9.17) is 4.74 Å². The number of nitrogens with zero attached hydrogens (tertiary/aromatic N) is 1. The standard InChI is InChI=1S/C12H21NO3/c1-9(14)7-10-5-6-13(8-10)11(15)16-12(2,3)4/h10H,5-8H2,1-4H3/t10-/m0/s1. The number of ether oxygens (including phenoxy) is 1. The minimum atomic E-state index is -0.449. The van der Waals surface area contributed by atoms with Gasteiger partial charge in [-0.3, -0.25) is 0 Å². The van der Waals surface area contributed by atoms with Gasteiger partial charge in [-0.15, -0.1) is 0 Å². The highest BCUT2D eigenvalue weighted by molar-refractivity contribution is 5.76. The molecule has 16 heavy (non-hydrogen) atoms. The molecule has 0 spiro atoms. The lowest BCUT2D eigenvalue weighted by Gasteiger charge is -2.24. The molecule has 0 saturated carbocycles. The van der Waals surface area contributed by atoms with Crippen molar-refractivity contribution in [3.63, 3.8) is 0 Å². The molecule has 0 N–H and O–H groups in total. The fraction of sp³-hybridized carbons (Fsp3) is 0.833. The lowest BCUT2D eigenvalue weighted by Crippen LogP contribution is -2.35. The van der Waals surface area contributed by atoms with E-state index in [9.17, 15) is 9.59 Å². The molecule has 0 aliphatic carbocycles. The number of ketones is 1. The van der Waals surface area contributed by atoms with Crippen molar-refractivity contribution < 1.29 is 14.3 Å². The zero-order valence-corrected chi connectivity index (χ0v) is 10.6. The molecule has 1 fully saturated rings. The number of carbonyl (C=O) groups excluding carboxylic acids is 2. The van der Waals surface area contributed by atoms with Crippen molar-refractivity contribution in [2.24, 2.45) is 5.92 Å². The topological polar surface area (TPSA) is 46.6 Å². The summed E-state index contributed by atoms with van der Waals surface area (Å²) < 4.78 is 5.28. The Morgan fingerprint density at radius 2 is 2.00 bits per heavy atom. The Bertz CT molecular complexity index is 280. The summed E-state index contributed by atoms with van der Waals surface area (Å²) in [7, 11) is 0. The van der Waals surface area contributed by atoms with Crippen molar-refractivity contribution >= 4 is 11.9 Å². The zero-order chi connectivity index (χ0) is 12.3. The highest BCUT2D eigenvalue weighted by Crippen LogP contribution is 2.21. The summed E-state index contributed by atoms with van der Waals surface area (Å²) in [6, 6.07) is 0. The SMILES string of the molecule is CC(=O)C[C@@H]1CCN(C(=O)OC(C)(C)C)C1. The second-order valence-corrected chi connectivity index (χ2v) is 5.49. The van der Waals surface area contributed by atoms with Gasteiger partial charge in [0, 0.05) is 19.5 Å². The Morgan fingerprint density at radius 1 is 1.38 bits per heavy atom. The van der Waals surface area contributed by atoms with Crippen molar-refractivity contribution in [1.29, 1.82) is 0 Å². The number of carbonyl (C=O) groups is 2. The number of hydrogen-bond donors (Lipinski definition) is 0. The van der Waals surface area contributed by atoms with Gasteiger partial charge in [0.25, 0.3) is 0 Å². The number of Topliss-reactive ketones (excluding diaryl/α,β-unsaturated/α-hetero) is 1. The van der Waals surface area contributed by atoms with Gasteiger partial charge in [0.15, 0.2) is 0 Å². The van der Waals surface area contributed by atoms with Crippen LogP contribution in [0.5, 0.6) is 0 Å². The molecule has 1 aliphatic heterocycles. The van der Waals surface area contributed by atoms with E-state index in [0.29, 0.717) is 25.4 Å². The number of amides is 1. The van der Waals surface area contributed by atoms with Crippen LogP contribution in [0.3, 0.4) is 0 Å². The summed E-state index contributed by atoms with van der Waals surface area (Å²) >= 11 is 0. The quantitative estimate of drug-likeness (QED) is 0.726. The first-order valence-corrected chi connectivity index (χ1v) is 5.75. The second-order valence-electron chi connectivity index (χ2n) is 5.49. The Balaban J connectivity index is 2.41. The van der Waals surface area contributed by atoms with Crippen LogP contribution in [0, 0.1) is 5.92 Å². The summed E-state index contributed by atoms with van der Waals surface area (Å²) in [5, 5.41) is 0. The third kappa shape index (κ3) is 4.21. The lowest BCUT2D eigenvalue weighted by molar-refractivity contribution is -0.117. The van der Waals surface area contributed by atoms with Crippen LogP contribution in [0.25, 0.3) is 0 Å². The molecule has 0 aromatic carbocycles. The van der Waals surface area contributed by atoms with Crippen LogP contribution in [-0.4, -0.2) is 35.5 Å². The number of likely N-dealkylation sites (tertiary alicyclic amines) is 1. The fourth-order valence-electron chi connectivity index (χ4n) is 1.90. The highest BCUT2D eigenvalue weighted by Gasteiger charge is 2.29. The van der Waals surface area contributed by atoms with Gasteiger partial charge in [-0.05, 0) is 40.0 Å². The molecule has 1 atom stereocenters. The van der Waals surface area contributed by atoms with Crippen LogP contribution in [0.4, 0.5) is 4.79 Å². The van der Waals surface area contributed by atoms with Crippen LogP contribution in [-0.2, 0) is 9.53 Å². The van der Waals surface area contributed by atoms with E-state index >= 15 is 0 Å². The molecule has 0 aromatic heterocycles. The highest BCUT2D eigenvalue weighted by atomic mass is 16.6. The first-order valence-electron chi connectivity index (χ1n) is 5.75. The number of hydrogen-bond acceptors (Lipinski definition) is 3. The molecule has 1 aliphatic rings. The van der Waals surface area contributed by atoms with E-state index in [1.54, 1.807) is 11.8 Å². The van der Waals surface area contributed by atoms with Crippen molar-refractivity contribution in [1.82, 2.24) is 4.90 Å². The van der Waals surface area contributed by atoms with Crippen molar-refractivity contribution in [2.45, 2.75) is 46.1 Å². The third-order valence-electron chi connectivity index (χ3n) is 2.51. The molecular weight excluding hydrogens is 206 g/mol. The fourth-order valence-corrected chi connectivity index (χ4v) is 1.90. The Hall–Kier alpha value is -1.06. The predicted molar refractivity (Wildman–Crippen MR) is 61.2 cm³/mol. The lowest BCUT2D eigenvalue weighted by atomic mass is 10.0. The molecule has 0 bridgehead atoms. The molecule has 92 valence electrons. The van der Waals surface area contributed by atoms with Gasteiger partial charge in [-0.1, -0.05) is 0 Å². The Morgan fingerprint density at radius 3 is 2.50 bits per heavy atom. The van der Waals surface area contributed by atoms with E-state index < -0.39 is 5.60 Å². The average molecular weight is 227 g/mol. The molecule has 1 saturated heterocycles. The van der Waals surface area contributed by atoms with E-state index in [0.717, 1.165) is 6.42 Å². The predicted octanol–water partition coefficient (Wildman–Crippen LogP) is 2.22. The van der Waals surface area contributed by atoms with E-state index in [1.807, 2.05) is 20.8 Å². The summed E-state index contributed by atoms with van der Waals surface area (Å²) in [6.45, 7) is 8.51. The molecule has 0 unspecified atom stereocenters. The summed E-state index contributed by atoms with van der Waals surface area (Å²) in [5.41, 5.74) is -0.449. The largest absolute Gasteiger partial charge is 0.444 e. The maximum absolute atomic E-state index is 11.7. The van der Waals surface area contributed by atoms with Crippen molar-refractivity contribution in [2.75, 3.05) is 13.1 Å². The van der Waals surface area contributed by atoms with Crippen LogP contribution < -0.4 is 0 Å². The van der Waals surface area contributed by atoms with Gasteiger partial charge >= 0.3 is 6.09 Å². The molecule has 4 heteroatoms.